The monoisotopic (exact) mass is 382 g/mol. The van der Waals surface area contributed by atoms with Crippen molar-refractivity contribution >= 4 is 23.1 Å². The van der Waals surface area contributed by atoms with Crippen molar-refractivity contribution in [3.8, 4) is 5.82 Å². The maximum absolute atomic E-state index is 12.5. The summed E-state index contributed by atoms with van der Waals surface area (Å²) in [6.07, 6.45) is 5.50. The Morgan fingerprint density at radius 1 is 1.30 bits per heavy atom. The molecule has 1 saturated heterocycles. The number of hydrogen-bond acceptors (Lipinski definition) is 6. The topological polar surface area (TPSA) is 75.9 Å². The van der Waals surface area contributed by atoms with E-state index in [1.807, 2.05) is 47.3 Å². The fourth-order valence-corrected chi connectivity index (χ4v) is 4.01. The zero-order valence-electron chi connectivity index (χ0n) is 15.2. The van der Waals surface area contributed by atoms with Gasteiger partial charge in [0, 0.05) is 30.4 Å². The van der Waals surface area contributed by atoms with Gasteiger partial charge in [0.05, 0.1) is 12.5 Å². The van der Waals surface area contributed by atoms with Crippen LogP contribution in [0.5, 0.6) is 0 Å². The van der Waals surface area contributed by atoms with Gasteiger partial charge in [0.2, 0.25) is 5.91 Å². The Hall–Kier alpha value is -2.74. The number of piperidine rings is 1. The second kappa shape index (κ2) is 7.87. The van der Waals surface area contributed by atoms with Gasteiger partial charge in [-0.05, 0) is 43.3 Å². The van der Waals surface area contributed by atoms with E-state index in [9.17, 15) is 4.79 Å². The van der Waals surface area contributed by atoms with Crippen LogP contribution >= 0.6 is 11.3 Å². The van der Waals surface area contributed by atoms with Gasteiger partial charge in [-0.2, -0.15) is 0 Å². The summed E-state index contributed by atoms with van der Waals surface area (Å²) in [5.74, 6) is 2.53. The lowest BCUT2D eigenvalue weighted by Gasteiger charge is -2.32. The van der Waals surface area contributed by atoms with Gasteiger partial charge in [0.15, 0.2) is 11.6 Å². The van der Waals surface area contributed by atoms with Gasteiger partial charge in [-0.25, -0.2) is 4.98 Å². The summed E-state index contributed by atoms with van der Waals surface area (Å²) in [4.78, 5) is 20.1. The Labute approximate surface area is 162 Å². The fourth-order valence-electron chi connectivity index (χ4n) is 3.37. The smallest absolute Gasteiger partial charge is 0.225 e. The largest absolute Gasteiger partial charge is 0.354 e. The SMILES string of the molecule is Cc1nccn1-c1ccc(N2CCCC(C(=O)NCc3cccs3)C2)nn1. The molecule has 4 rings (SSSR count). The van der Waals surface area contributed by atoms with E-state index in [0.717, 1.165) is 36.8 Å². The average molecular weight is 382 g/mol. The number of thiophene rings is 1. The molecule has 1 amide bonds. The van der Waals surface area contributed by atoms with E-state index in [2.05, 4.69) is 25.4 Å². The van der Waals surface area contributed by atoms with E-state index < -0.39 is 0 Å². The minimum atomic E-state index is -0.0175. The number of carbonyl (C=O) groups excluding carboxylic acids is 1. The molecule has 1 atom stereocenters. The maximum atomic E-state index is 12.5. The van der Waals surface area contributed by atoms with Crippen molar-refractivity contribution in [3.63, 3.8) is 0 Å². The standard InChI is InChI=1S/C19H22N6OS/c1-14-20-8-10-25(14)18-7-6-17(22-23-18)24-9-2-4-15(13-24)19(26)21-12-16-5-3-11-27-16/h3,5-8,10-11,15H,2,4,9,12-13H2,1H3,(H,21,26). The van der Waals surface area contributed by atoms with Gasteiger partial charge in [-0.15, -0.1) is 21.5 Å². The second-order valence-electron chi connectivity index (χ2n) is 6.68. The van der Waals surface area contributed by atoms with Crippen LogP contribution in [0.4, 0.5) is 5.82 Å². The van der Waals surface area contributed by atoms with Crippen LogP contribution in [0.1, 0.15) is 23.5 Å². The molecule has 1 N–H and O–H groups in total. The molecular formula is C19H22N6OS. The zero-order chi connectivity index (χ0) is 18.6. The highest BCUT2D eigenvalue weighted by Crippen LogP contribution is 2.22. The molecule has 0 spiro atoms. The molecule has 27 heavy (non-hydrogen) atoms. The molecule has 1 fully saturated rings. The Bertz CT molecular complexity index is 889. The van der Waals surface area contributed by atoms with E-state index >= 15 is 0 Å². The molecule has 0 radical (unpaired) electrons. The average Bonchev–Trinajstić information content (AvgIpc) is 3.38. The molecule has 7 nitrogen and oxygen atoms in total. The highest BCUT2D eigenvalue weighted by Gasteiger charge is 2.26. The lowest BCUT2D eigenvalue weighted by atomic mass is 9.97. The number of aryl methyl sites for hydroxylation is 1. The summed E-state index contributed by atoms with van der Waals surface area (Å²) in [5, 5.41) is 13.8. The van der Waals surface area contributed by atoms with Gasteiger partial charge in [0.1, 0.15) is 5.82 Å². The summed E-state index contributed by atoms with van der Waals surface area (Å²) in [5.41, 5.74) is 0. The Kier molecular flexibility index (Phi) is 5.15. The highest BCUT2D eigenvalue weighted by molar-refractivity contribution is 7.09. The fraction of sp³-hybridized carbons (Fsp3) is 0.368. The zero-order valence-corrected chi connectivity index (χ0v) is 16.0. The first-order valence-electron chi connectivity index (χ1n) is 9.10. The summed E-state index contributed by atoms with van der Waals surface area (Å²) < 4.78 is 1.90. The van der Waals surface area contributed by atoms with Crippen molar-refractivity contribution in [1.82, 2.24) is 25.1 Å². The lowest BCUT2D eigenvalue weighted by Crippen LogP contribution is -2.43. The molecule has 3 aromatic heterocycles. The van der Waals surface area contributed by atoms with Crippen molar-refractivity contribution in [3.05, 3.63) is 52.7 Å². The number of hydrogen-bond donors (Lipinski definition) is 1. The van der Waals surface area contributed by atoms with Crippen LogP contribution in [-0.2, 0) is 11.3 Å². The van der Waals surface area contributed by atoms with Gasteiger partial charge in [-0.1, -0.05) is 6.07 Å². The van der Waals surface area contributed by atoms with Crippen molar-refractivity contribution < 1.29 is 4.79 Å². The number of nitrogens with one attached hydrogen (secondary N) is 1. The minimum Gasteiger partial charge on any atom is -0.354 e. The molecule has 0 saturated carbocycles. The van der Waals surface area contributed by atoms with E-state index in [-0.39, 0.29) is 11.8 Å². The number of rotatable bonds is 5. The van der Waals surface area contributed by atoms with Crippen molar-refractivity contribution in [1.29, 1.82) is 0 Å². The van der Waals surface area contributed by atoms with E-state index in [0.29, 0.717) is 13.1 Å². The molecule has 0 aromatic carbocycles. The van der Waals surface area contributed by atoms with Crippen LogP contribution in [0, 0.1) is 12.8 Å². The first-order valence-corrected chi connectivity index (χ1v) is 9.98. The predicted molar refractivity (Wildman–Crippen MR) is 105 cm³/mol. The number of imidazole rings is 1. The number of aromatic nitrogens is 4. The number of carbonyl (C=O) groups is 1. The molecular weight excluding hydrogens is 360 g/mol. The summed E-state index contributed by atoms with van der Waals surface area (Å²) in [6.45, 7) is 4.10. The summed E-state index contributed by atoms with van der Waals surface area (Å²) >= 11 is 1.66. The quantitative estimate of drug-likeness (QED) is 0.734. The third kappa shape index (κ3) is 4.00. The molecule has 0 bridgehead atoms. The Balaban J connectivity index is 1.39. The molecule has 1 unspecified atom stereocenters. The van der Waals surface area contributed by atoms with Crippen LogP contribution in [-0.4, -0.2) is 38.7 Å². The van der Waals surface area contributed by atoms with Crippen LogP contribution in [0.25, 0.3) is 5.82 Å². The molecule has 1 aliphatic rings. The lowest BCUT2D eigenvalue weighted by molar-refractivity contribution is -0.125. The first kappa shape index (κ1) is 17.7. The number of amides is 1. The van der Waals surface area contributed by atoms with Crippen LogP contribution in [0.15, 0.2) is 42.0 Å². The highest BCUT2D eigenvalue weighted by atomic mass is 32.1. The van der Waals surface area contributed by atoms with Gasteiger partial charge < -0.3 is 10.2 Å². The number of anilines is 1. The summed E-state index contributed by atoms with van der Waals surface area (Å²) in [7, 11) is 0. The van der Waals surface area contributed by atoms with Crippen molar-refractivity contribution in [2.75, 3.05) is 18.0 Å². The van der Waals surface area contributed by atoms with Crippen molar-refractivity contribution in [2.45, 2.75) is 26.3 Å². The third-order valence-electron chi connectivity index (χ3n) is 4.84. The maximum Gasteiger partial charge on any atom is 0.225 e. The third-order valence-corrected chi connectivity index (χ3v) is 5.72. The molecule has 1 aliphatic heterocycles. The van der Waals surface area contributed by atoms with E-state index in [1.54, 1.807) is 17.5 Å². The molecule has 4 heterocycles. The van der Waals surface area contributed by atoms with Crippen LogP contribution in [0.3, 0.4) is 0 Å². The molecule has 140 valence electrons. The molecule has 8 heteroatoms. The Morgan fingerprint density at radius 3 is 2.85 bits per heavy atom. The second-order valence-corrected chi connectivity index (χ2v) is 7.71. The molecule has 0 aliphatic carbocycles. The van der Waals surface area contributed by atoms with Crippen molar-refractivity contribution in [2.24, 2.45) is 5.92 Å². The van der Waals surface area contributed by atoms with Gasteiger partial charge in [0.25, 0.3) is 0 Å². The first-order chi connectivity index (χ1) is 13.2. The summed E-state index contributed by atoms with van der Waals surface area (Å²) in [6, 6.07) is 7.95. The van der Waals surface area contributed by atoms with Gasteiger partial charge in [-0.3, -0.25) is 9.36 Å². The van der Waals surface area contributed by atoms with E-state index in [4.69, 9.17) is 0 Å². The van der Waals surface area contributed by atoms with Gasteiger partial charge >= 0.3 is 0 Å². The van der Waals surface area contributed by atoms with Crippen LogP contribution < -0.4 is 10.2 Å². The molecule has 3 aromatic rings. The normalized spacial score (nSPS) is 17.1. The van der Waals surface area contributed by atoms with Crippen LogP contribution in [0.2, 0.25) is 0 Å². The number of nitrogens with zero attached hydrogens (tertiary/aromatic N) is 5. The van der Waals surface area contributed by atoms with E-state index in [1.165, 1.54) is 4.88 Å². The minimum absolute atomic E-state index is 0.0175. The Morgan fingerprint density at radius 2 is 2.15 bits per heavy atom. The predicted octanol–water partition coefficient (Wildman–Crippen LogP) is 2.57.